The quantitative estimate of drug-likeness (QED) is 0.451. The number of hydrogen-bond acceptors (Lipinski definition) is 7. The number of aliphatic hydroxyl groups is 1. The highest BCUT2D eigenvalue weighted by Crippen LogP contribution is 2.42. The molecule has 11 heteroatoms. The zero-order chi connectivity index (χ0) is 24.5. The molecule has 7 nitrogen and oxygen atoms in total. The van der Waals surface area contributed by atoms with Gasteiger partial charge in [-0.3, -0.25) is 4.79 Å². The van der Waals surface area contributed by atoms with Crippen LogP contribution in [0.1, 0.15) is 48.4 Å². The first-order valence-electron chi connectivity index (χ1n) is 10.8. The molecule has 2 heterocycles. The molecule has 0 radical (unpaired) electrons. The molecule has 4 rings (SSSR count). The Morgan fingerprint density at radius 1 is 1.26 bits per heavy atom. The van der Waals surface area contributed by atoms with E-state index >= 15 is 0 Å². The maximum Gasteiger partial charge on any atom is 0.433 e. The van der Waals surface area contributed by atoms with Gasteiger partial charge >= 0.3 is 6.18 Å². The van der Waals surface area contributed by atoms with E-state index in [4.69, 9.17) is 5.73 Å². The Morgan fingerprint density at radius 3 is 2.68 bits per heavy atom. The Hall–Kier alpha value is -3.05. The second-order valence-electron chi connectivity index (χ2n) is 8.66. The first-order chi connectivity index (χ1) is 16.0. The predicted molar refractivity (Wildman–Crippen MR) is 122 cm³/mol. The molecule has 0 aliphatic heterocycles. The van der Waals surface area contributed by atoms with Crippen molar-refractivity contribution in [2.45, 2.75) is 50.8 Å². The molecule has 180 valence electrons. The molecule has 3 aromatic rings. The topological polar surface area (TPSA) is 114 Å². The van der Waals surface area contributed by atoms with Crippen molar-refractivity contribution in [3.05, 3.63) is 52.1 Å². The zero-order valence-corrected chi connectivity index (χ0v) is 19.2. The first-order valence-corrected chi connectivity index (χ1v) is 11.7. The van der Waals surface area contributed by atoms with Crippen LogP contribution in [0.25, 0.3) is 11.3 Å². The van der Waals surface area contributed by atoms with Gasteiger partial charge in [0.1, 0.15) is 16.3 Å². The summed E-state index contributed by atoms with van der Waals surface area (Å²) in [5.41, 5.74) is 6.02. The molecule has 0 atom stereocenters. The minimum absolute atomic E-state index is 0.160. The third-order valence-electron chi connectivity index (χ3n) is 5.90. The maximum atomic E-state index is 13.0. The molecule has 1 saturated carbocycles. The number of carbonyl (C=O) groups excluding carboxylic acids is 1. The van der Waals surface area contributed by atoms with Gasteiger partial charge in [0.15, 0.2) is 0 Å². The Morgan fingerprint density at radius 2 is 2.00 bits per heavy atom. The highest BCUT2D eigenvalue weighted by Gasteiger charge is 2.37. The van der Waals surface area contributed by atoms with Gasteiger partial charge in [-0.25, -0.2) is 15.0 Å². The average Bonchev–Trinajstić information content (AvgIpc) is 3.26. The second-order valence-corrected chi connectivity index (χ2v) is 9.52. The van der Waals surface area contributed by atoms with Crippen LogP contribution in [0.2, 0.25) is 0 Å². The maximum absolute atomic E-state index is 13.0. The van der Waals surface area contributed by atoms with Crippen LogP contribution < -0.4 is 11.1 Å². The van der Waals surface area contributed by atoms with Gasteiger partial charge < -0.3 is 16.2 Å². The van der Waals surface area contributed by atoms with Crippen LogP contribution in [-0.2, 0) is 16.6 Å². The van der Waals surface area contributed by atoms with Crippen molar-refractivity contribution in [2.24, 2.45) is 11.7 Å². The molecule has 1 fully saturated rings. The van der Waals surface area contributed by atoms with Crippen LogP contribution in [0.3, 0.4) is 0 Å². The van der Waals surface area contributed by atoms with Crippen molar-refractivity contribution in [1.82, 2.24) is 15.0 Å². The SMILES string of the molecule is Cc1cc(Nc2nccc(C(F)(F)F)n2)cc(-c2csc([C@]3(O)CC[C@@H](CC(N)=O)CC3)n2)c1. The van der Waals surface area contributed by atoms with Gasteiger partial charge in [-0.05, 0) is 68.4 Å². The summed E-state index contributed by atoms with van der Waals surface area (Å²) in [7, 11) is 0. The van der Waals surface area contributed by atoms with E-state index in [0.717, 1.165) is 23.4 Å². The fraction of sp³-hybridized carbons (Fsp3) is 0.391. The van der Waals surface area contributed by atoms with Gasteiger partial charge in [-0.15, -0.1) is 11.3 Å². The Labute approximate surface area is 198 Å². The van der Waals surface area contributed by atoms with Crippen molar-refractivity contribution in [3.8, 4) is 11.3 Å². The predicted octanol–water partition coefficient (Wildman–Crippen LogP) is 4.92. The van der Waals surface area contributed by atoms with E-state index in [1.165, 1.54) is 11.3 Å². The molecule has 34 heavy (non-hydrogen) atoms. The number of nitrogens with two attached hydrogens (primary N) is 1. The number of anilines is 2. The van der Waals surface area contributed by atoms with Crippen LogP contribution in [0, 0.1) is 12.8 Å². The lowest BCUT2D eigenvalue weighted by atomic mass is 9.78. The van der Waals surface area contributed by atoms with E-state index < -0.39 is 17.5 Å². The number of nitrogens with zero attached hydrogens (tertiary/aromatic N) is 3. The monoisotopic (exact) mass is 491 g/mol. The molecule has 4 N–H and O–H groups in total. The van der Waals surface area contributed by atoms with E-state index in [1.54, 1.807) is 12.1 Å². The highest BCUT2D eigenvalue weighted by atomic mass is 32.1. The van der Waals surface area contributed by atoms with E-state index in [-0.39, 0.29) is 17.8 Å². The number of alkyl halides is 3. The van der Waals surface area contributed by atoms with Crippen molar-refractivity contribution >= 4 is 28.9 Å². The summed E-state index contributed by atoms with van der Waals surface area (Å²) in [6.07, 6.45) is -0.772. The molecule has 1 aliphatic rings. The number of thiazole rings is 1. The molecule has 2 aromatic heterocycles. The van der Waals surface area contributed by atoms with Gasteiger partial charge in [-0.1, -0.05) is 0 Å². The summed E-state index contributed by atoms with van der Waals surface area (Å²) in [6.45, 7) is 1.86. The molecular formula is C23H24F3N5O2S. The lowest BCUT2D eigenvalue weighted by Crippen LogP contribution is -2.32. The van der Waals surface area contributed by atoms with Crippen molar-refractivity contribution < 1.29 is 23.1 Å². The van der Waals surface area contributed by atoms with Gasteiger partial charge in [0, 0.05) is 29.2 Å². The van der Waals surface area contributed by atoms with E-state index in [0.29, 0.717) is 48.5 Å². The Kier molecular flexibility index (Phi) is 6.59. The van der Waals surface area contributed by atoms with Crippen LogP contribution >= 0.6 is 11.3 Å². The first kappa shape index (κ1) is 24.1. The number of amides is 1. The summed E-state index contributed by atoms with van der Waals surface area (Å²) >= 11 is 1.36. The summed E-state index contributed by atoms with van der Waals surface area (Å²) in [5, 5.41) is 16.5. The molecule has 1 amide bonds. The number of carbonyl (C=O) groups is 1. The minimum atomic E-state index is -4.56. The molecule has 0 unspecified atom stereocenters. The van der Waals surface area contributed by atoms with Crippen molar-refractivity contribution in [1.29, 1.82) is 0 Å². The number of hydrogen-bond donors (Lipinski definition) is 3. The summed E-state index contributed by atoms with van der Waals surface area (Å²) < 4.78 is 38.9. The number of nitrogens with one attached hydrogen (secondary N) is 1. The van der Waals surface area contributed by atoms with Gasteiger partial charge in [-0.2, -0.15) is 13.2 Å². The zero-order valence-electron chi connectivity index (χ0n) is 18.4. The van der Waals surface area contributed by atoms with Crippen LogP contribution in [-0.4, -0.2) is 26.0 Å². The minimum Gasteiger partial charge on any atom is -0.383 e. The number of primary amides is 1. The molecular weight excluding hydrogens is 467 g/mol. The van der Waals surface area contributed by atoms with Crippen molar-refractivity contribution in [3.63, 3.8) is 0 Å². The number of halogens is 3. The molecule has 0 bridgehead atoms. The smallest absolute Gasteiger partial charge is 0.383 e. The summed E-state index contributed by atoms with van der Waals surface area (Å²) in [6, 6.07) is 6.25. The number of rotatable bonds is 6. The number of benzene rings is 1. The van der Waals surface area contributed by atoms with Crippen LogP contribution in [0.4, 0.5) is 24.8 Å². The van der Waals surface area contributed by atoms with Gasteiger partial charge in [0.25, 0.3) is 0 Å². The molecule has 0 spiro atoms. The standard InChI is InChI=1S/C23H24F3N5O2S/c1-13-8-15(11-16(9-13)29-21-28-7-4-18(31-21)23(24,25)26)17-12-34-20(30-17)22(33)5-2-14(3-6-22)10-19(27)32/h4,7-9,11-12,14,33H,2-3,5-6,10H2,1H3,(H2,27,32)(H,28,29,31)/t14-,22+. The van der Waals surface area contributed by atoms with Gasteiger partial charge in [0.05, 0.1) is 5.69 Å². The van der Waals surface area contributed by atoms with Crippen LogP contribution in [0.5, 0.6) is 0 Å². The van der Waals surface area contributed by atoms with E-state index in [1.807, 2.05) is 18.4 Å². The molecule has 0 saturated heterocycles. The summed E-state index contributed by atoms with van der Waals surface area (Å²) in [4.78, 5) is 23.3. The largest absolute Gasteiger partial charge is 0.433 e. The Balaban J connectivity index is 1.53. The molecule has 1 aliphatic carbocycles. The number of aryl methyl sites for hydroxylation is 1. The fourth-order valence-corrected chi connectivity index (χ4v) is 5.17. The van der Waals surface area contributed by atoms with Crippen molar-refractivity contribution in [2.75, 3.05) is 5.32 Å². The normalized spacial score (nSPS) is 20.8. The number of aromatic nitrogens is 3. The Bertz CT molecular complexity index is 1190. The third kappa shape index (κ3) is 5.53. The average molecular weight is 492 g/mol. The summed E-state index contributed by atoms with van der Waals surface area (Å²) in [5.74, 6) is -0.306. The van der Waals surface area contributed by atoms with Crippen LogP contribution in [0.15, 0.2) is 35.8 Å². The lowest BCUT2D eigenvalue weighted by Gasteiger charge is -2.34. The highest BCUT2D eigenvalue weighted by molar-refractivity contribution is 7.10. The van der Waals surface area contributed by atoms with E-state index in [9.17, 15) is 23.1 Å². The second kappa shape index (κ2) is 9.30. The third-order valence-corrected chi connectivity index (χ3v) is 6.94. The lowest BCUT2D eigenvalue weighted by molar-refractivity contribution is -0.141. The van der Waals surface area contributed by atoms with E-state index in [2.05, 4.69) is 20.3 Å². The fourth-order valence-electron chi connectivity index (χ4n) is 4.19. The van der Waals surface area contributed by atoms with Gasteiger partial charge in [0.2, 0.25) is 11.9 Å². The molecule has 1 aromatic carbocycles.